The molecular weight excluding hydrogens is 156 g/mol. The highest BCUT2D eigenvalue weighted by Gasteiger charge is 2.31. The third-order valence-corrected chi connectivity index (χ3v) is 2.65. The van der Waals surface area contributed by atoms with Crippen molar-refractivity contribution in [3.05, 3.63) is 0 Å². The van der Waals surface area contributed by atoms with Crippen LogP contribution in [0.25, 0.3) is 0 Å². The van der Waals surface area contributed by atoms with Gasteiger partial charge in [0.25, 0.3) is 0 Å². The summed E-state index contributed by atoms with van der Waals surface area (Å²) in [4.78, 5) is 0. The van der Waals surface area contributed by atoms with E-state index in [2.05, 4.69) is 11.4 Å². The molecular formula is C8H14N2S. The highest BCUT2D eigenvalue weighted by molar-refractivity contribution is 7.98. The van der Waals surface area contributed by atoms with Gasteiger partial charge in [0.1, 0.15) is 5.54 Å². The van der Waals surface area contributed by atoms with Crippen LogP contribution in [0.4, 0.5) is 0 Å². The van der Waals surface area contributed by atoms with Crippen molar-refractivity contribution in [1.82, 2.24) is 5.32 Å². The van der Waals surface area contributed by atoms with Crippen molar-refractivity contribution < 1.29 is 0 Å². The quantitative estimate of drug-likeness (QED) is 0.692. The van der Waals surface area contributed by atoms with Crippen LogP contribution < -0.4 is 5.32 Å². The molecule has 1 aliphatic carbocycles. The van der Waals surface area contributed by atoms with Crippen LogP contribution in [0.5, 0.6) is 0 Å². The number of nitrogens with zero attached hydrogens (tertiary/aromatic N) is 1. The molecule has 0 aliphatic heterocycles. The van der Waals surface area contributed by atoms with E-state index in [1.165, 1.54) is 12.8 Å². The van der Waals surface area contributed by atoms with Gasteiger partial charge in [-0.15, -0.1) is 0 Å². The Labute approximate surface area is 72.4 Å². The van der Waals surface area contributed by atoms with Gasteiger partial charge < -0.3 is 0 Å². The normalized spacial score (nSPS) is 22.3. The Morgan fingerprint density at radius 1 is 1.73 bits per heavy atom. The molecule has 0 heterocycles. The largest absolute Gasteiger partial charge is 0.296 e. The second-order valence-electron chi connectivity index (χ2n) is 3.30. The third kappa shape index (κ3) is 2.72. The van der Waals surface area contributed by atoms with Crippen LogP contribution in [0.1, 0.15) is 19.8 Å². The SMILES string of the molecule is CSCC(C)(C#N)NC1CC1. The van der Waals surface area contributed by atoms with E-state index in [0.717, 1.165) is 5.75 Å². The zero-order chi connectivity index (χ0) is 8.32. The Balaban J connectivity index is 2.37. The van der Waals surface area contributed by atoms with E-state index in [1.54, 1.807) is 11.8 Å². The first-order chi connectivity index (χ1) is 5.20. The van der Waals surface area contributed by atoms with Crippen LogP contribution in [0.2, 0.25) is 0 Å². The Bertz CT molecular complexity index is 171. The Hall–Kier alpha value is -0.200. The molecule has 0 bridgehead atoms. The first-order valence-corrected chi connectivity index (χ1v) is 5.27. The van der Waals surface area contributed by atoms with E-state index in [4.69, 9.17) is 5.26 Å². The molecule has 3 heteroatoms. The minimum Gasteiger partial charge on any atom is -0.296 e. The molecule has 1 unspecified atom stereocenters. The number of hydrogen-bond acceptors (Lipinski definition) is 3. The molecule has 1 aliphatic rings. The summed E-state index contributed by atoms with van der Waals surface area (Å²) in [5.74, 6) is 0.875. The van der Waals surface area contributed by atoms with Gasteiger partial charge >= 0.3 is 0 Å². The molecule has 0 amide bonds. The van der Waals surface area contributed by atoms with Gasteiger partial charge in [-0.2, -0.15) is 17.0 Å². The summed E-state index contributed by atoms with van der Waals surface area (Å²) in [6.45, 7) is 1.97. The molecule has 0 aromatic rings. The van der Waals surface area contributed by atoms with E-state index in [-0.39, 0.29) is 5.54 Å². The van der Waals surface area contributed by atoms with Gasteiger partial charge in [0, 0.05) is 11.8 Å². The van der Waals surface area contributed by atoms with E-state index in [9.17, 15) is 0 Å². The third-order valence-electron chi connectivity index (χ3n) is 1.78. The number of nitrogens with one attached hydrogen (secondary N) is 1. The van der Waals surface area contributed by atoms with Gasteiger partial charge in [-0.1, -0.05) is 0 Å². The molecule has 11 heavy (non-hydrogen) atoms. The van der Waals surface area contributed by atoms with Crippen LogP contribution in [0.3, 0.4) is 0 Å². The smallest absolute Gasteiger partial charge is 0.113 e. The molecule has 2 nitrogen and oxygen atoms in total. The predicted molar refractivity (Wildman–Crippen MR) is 48.6 cm³/mol. The zero-order valence-corrected chi connectivity index (χ0v) is 7.87. The predicted octanol–water partition coefficient (Wildman–Crippen LogP) is 1.38. The second-order valence-corrected chi connectivity index (χ2v) is 4.16. The summed E-state index contributed by atoms with van der Waals surface area (Å²) in [5, 5.41) is 12.2. The van der Waals surface area contributed by atoms with E-state index in [1.807, 2.05) is 13.2 Å². The van der Waals surface area contributed by atoms with E-state index in [0.29, 0.717) is 6.04 Å². The fourth-order valence-electron chi connectivity index (χ4n) is 1.07. The number of hydrogen-bond donors (Lipinski definition) is 1. The Kier molecular flexibility index (Phi) is 2.80. The topological polar surface area (TPSA) is 35.8 Å². The molecule has 1 rings (SSSR count). The lowest BCUT2D eigenvalue weighted by molar-refractivity contribution is 0.491. The maximum atomic E-state index is 8.87. The molecule has 0 radical (unpaired) electrons. The summed E-state index contributed by atoms with van der Waals surface area (Å²) in [6, 6.07) is 2.94. The van der Waals surface area contributed by atoms with E-state index < -0.39 is 0 Å². The molecule has 0 spiro atoms. The standard InChI is InChI=1S/C8H14N2S/c1-8(5-9,6-11-2)10-7-3-4-7/h7,10H,3-4,6H2,1-2H3. The molecule has 0 aromatic carbocycles. The lowest BCUT2D eigenvalue weighted by Crippen LogP contribution is -2.44. The summed E-state index contributed by atoms with van der Waals surface area (Å²) in [7, 11) is 0. The van der Waals surface area contributed by atoms with Crippen molar-refractivity contribution in [1.29, 1.82) is 5.26 Å². The first-order valence-electron chi connectivity index (χ1n) is 3.88. The van der Waals surface area contributed by atoms with Crippen molar-refractivity contribution >= 4 is 11.8 Å². The number of rotatable bonds is 4. The van der Waals surface area contributed by atoms with Crippen molar-refractivity contribution in [2.24, 2.45) is 0 Å². The summed E-state index contributed by atoms with van der Waals surface area (Å²) in [5.41, 5.74) is -0.305. The van der Waals surface area contributed by atoms with Gasteiger partial charge in [-0.25, -0.2) is 0 Å². The van der Waals surface area contributed by atoms with Crippen molar-refractivity contribution in [3.63, 3.8) is 0 Å². The molecule has 1 fully saturated rings. The van der Waals surface area contributed by atoms with E-state index >= 15 is 0 Å². The molecule has 0 saturated heterocycles. The first kappa shape index (κ1) is 8.89. The fraction of sp³-hybridized carbons (Fsp3) is 0.875. The molecule has 1 N–H and O–H groups in total. The average molecular weight is 170 g/mol. The average Bonchev–Trinajstić information content (AvgIpc) is 2.73. The molecule has 62 valence electrons. The van der Waals surface area contributed by atoms with Crippen LogP contribution in [0.15, 0.2) is 0 Å². The van der Waals surface area contributed by atoms with Crippen LogP contribution >= 0.6 is 11.8 Å². The molecule has 1 atom stereocenters. The lowest BCUT2D eigenvalue weighted by atomic mass is 10.1. The van der Waals surface area contributed by atoms with Crippen LogP contribution in [0, 0.1) is 11.3 Å². The van der Waals surface area contributed by atoms with Gasteiger partial charge in [-0.05, 0) is 26.0 Å². The second kappa shape index (κ2) is 3.46. The molecule has 1 saturated carbocycles. The monoisotopic (exact) mass is 170 g/mol. The maximum Gasteiger partial charge on any atom is 0.113 e. The van der Waals surface area contributed by atoms with Gasteiger partial charge in [0.05, 0.1) is 6.07 Å². The number of nitriles is 1. The van der Waals surface area contributed by atoms with Crippen LogP contribution in [-0.2, 0) is 0 Å². The molecule has 0 aromatic heterocycles. The van der Waals surface area contributed by atoms with Gasteiger partial charge in [0.2, 0.25) is 0 Å². The van der Waals surface area contributed by atoms with Crippen LogP contribution in [-0.4, -0.2) is 23.6 Å². The van der Waals surface area contributed by atoms with Crippen molar-refractivity contribution in [2.75, 3.05) is 12.0 Å². The minimum absolute atomic E-state index is 0.305. The maximum absolute atomic E-state index is 8.87. The Morgan fingerprint density at radius 2 is 2.36 bits per heavy atom. The highest BCUT2D eigenvalue weighted by Crippen LogP contribution is 2.23. The highest BCUT2D eigenvalue weighted by atomic mass is 32.2. The van der Waals surface area contributed by atoms with Crippen molar-refractivity contribution in [3.8, 4) is 6.07 Å². The summed E-state index contributed by atoms with van der Waals surface area (Å²) in [6.07, 6.45) is 4.52. The Morgan fingerprint density at radius 3 is 2.73 bits per heavy atom. The van der Waals surface area contributed by atoms with Crippen molar-refractivity contribution in [2.45, 2.75) is 31.3 Å². The summed E-state index contributed by atoms with van der Waals surface area (Å²) >= 11 is 1.72. The fourth-order valence-corrected chi connectivity index (χ4v) is 1.80. The lowest BCUT2D eigenvalue weighted by Gasteiger charge is -2.21. The zero-order valence-electron chi connectivity index (χ0n) is 7.05. The van der Waals surface area contributed by atoms with Gasteiger partial charge in [0.15, 0.2) is 0 Å². The summed E-state index contributed by atoms with van der Waals surface area (Å²) < 4.78 is 0. The van der Waals surface area contributed by atoms with Gasteiger partial charge in [-0.3, -0.25) is 5.32 Å². The number of thioether (sulfide) groups is 1. The minimum atomic E-state index is -0.305.